The van der Waals surface area contributed by atoms with E-state index in [1.165, 1.54) is 32.7 Å². The summed E-state index contributed by atoms with van der Waals surface area (Å²) in [5, 5.41) is 7.37. The first-order valence-electron chi connectivity index (χ1n) is 13.3. The molecule has 0 saturated heterocycles. The molecule has 6 aromatic carbocycles. The van der Waals surface area contributed by atoms with Gasteiger partial charge in [-0.1, -0.05) is 115 Å². The lowest BCUT2D eigenvalue weighted by Crippen LogP contribution is -2.24. The molecule has 0 spiro atoms. The lowest BCUT2D eigenvalue weighted by molar-refractivity contribution is 0.592. The first-order chi connectivity index (χ1) is 19.7. The topological polar surface area (TPSA) is 42.9 Å². The molecule has 0 fully saturated rings. The quantitative estimate of drug-likeness (QED) is 0.173. The summed E-state index contributed by atoms with van der Waals surface area (Å²) < 4.78 is 14.7. The molecule has 1 aliphatic carbocycles. The van der Waals surface area contributed by atoms with Gasteiger partial charge in [-0.2, -0.15) is 0 Å². The normalized spacial score (nSPS) is 12.1. The SMILES string of the molecule is O=P(c1ccccc1)(c1ccccc1)c1ccc(-c2ccc3cc4c5c(cccc5c3c2)-c2cncnc2-4)cc1. The standard InChI is InChI=1S/C36H23N2OP/c39-40(27-8-3-1-4-9-27,28-10-5-2-6-11-28)29-18-16-24(17-19-29)25-14-15-26-21-33-35-30(32(26)20-25)12-7-13-31(35)34-22-37-23-38-36(33)34/h1-23H. The van der Waals surface area contributed by atoms with Gasteiger partial charge in [0.1, 0.15) is 6.33 Å². The Kier molecular flexibility index (Phi) is 5.10. The molecular weight excluding hydrogens is 507 g/mol. The van der Waals surface area contributed by atoms with Crippen LogP contribution in [0.25, 0.3) is 55.1 Å². The minimum atomic E-state index is -3.00. The van der Waals surface area contributed by atoms with Crippen LogP contribution in [0.2, 0.25) is 0 Å². The van der Waals surface area contributed by atoms with Gasteiger partial charge in [-0.05, 0) is 50.4 Å². The molecule has 0 atom stereocenters. The maximum atomic E-state index is 14.7. The molecule has 1 aliphatic rings. The van der Waals surface area contributed by atoms with Crippen LogP contribution in [0.3, 0.4) is 0 Å². The number of fused-ring (bicyclic) bond motifs is 5. The fourth-order valence-electron chi connectivity index (χ4n) is 6.13. The first-order valence-corrected chi connectivity index (χ1v) is 15.0. The molecule has 1 heterocycles. The van der Waals surface area contributed by atoms with Crippen molar-refractivity contribution in [2.24, 2.45) is 0 Å². The second-order valence-corrected chi connectivity index (χ2v) is 13.0. The molecule has 0 amide bonds. The van der Waals surface area contributed by atoms with Gasteiger partial charge in [0.25, 0.3) is 0 Å². The lowest BCUT2D eigenvalue weighted by atomic mass is 9.94. The summed E-state index contributed by atoms with van der Waals surface area (Å²) in [7, 11) is -3.00. The number of aromatic nitrogens is 2. The van der Waals surface area contributed by atoms with Crippen molar-refractivity contribution in [3.63, 3.8) is 0 Å². The number of benzene rings is 6. The predicted molar refractivity (Wildman–Crippen MR) is 166 cm³/mol. The zero-order valence-corrected chi connectivity index (χ0v) is 22.4. The molecule has 8 rings (SSSR count). The van der Waals surface area contributed by atoms with Crippen LogP contribution in [0.4, 0.5) is 0 Å². The van der Waals surface area contributed by atoms with Crippen molar-refractivity contribution in [3.05, 3.63) is 140 Å². The van der Waals surface area contributed by atoms with Crippen molar-refractivity contribution >= 4 is 44.6 Å². The van der Waals surface area contributed by atoms with Crippen molar-refractivity contribution < 1.29 is 4.57 Å². The van der Waals surface area contributed by atoms with Crippen molar-refractivity contribution in [1.29, 1.82) is 0 Å². The van der Waals surface area contributed by atoms with Gasteiger partial charge in [0.05, 0.1) is 5.69 Å². The lowest BCUT2D eigenvalue weighted by Gasteiger charge is -2.20. The summed E-state index contributed by atoms with van der Waals surface area (Å²) in [6.07, 6.45) is 3.54. The first kappa shape index (κ1) is 23.1. The van der Waals surface area contributed by atoms with Crippen LogP contribution < -0.4 is 15.9 Å². The minimum Gasteiger partial charge on any atom is -0.309 e. The Morgan fingerprint density at radius 3 is 1.93 bits per heavy atom. The highest BCUT2D eigenvalue weighted by Crippen LogP contribution is 2.48. The summed E-state index contributed by atoms with van der Waals surface area (Å²) in [5.41, 5.74) is 6.68. The molecule has 0 saturated carbocycles. The summed E-state index contributed by atoms with van der Waals surface area (Å²) >= 11 is 0. The Labute approximate surface area is 232 Å². The average molecular weight is 531 g/mol. The number of nitrogens with zero attached hydrogens (tertiary/aromatic N) is 2. The molecule has 7 aromatic rings. The second kappa shape index (κ2) is 8.84. The van der Waals surface area contributed by atoms with Gasteiger partial charge in [-0.3, -0.25) is 0 Å². The third-order valence-electron chi connectivity index (χ3n) is 8.04. The smallest absolute Gasteiger partial charge is 0.171 e. The Balaban J connectivity index is 1.26. The molecule has 0 bridgehead atoms. The highest BCUT2D eigenvalue weighted by atomic mass is 31.2. The van der Waals surface area contributed by atoms with Crippen LogP contribution in [0, 0.1) is 0 Å². The molecule has 4 heteroatoms. The Morgan fingerprint density at radius 2 is 1.20 bits per heavy atom. The van der Waals surface area contributed by atoms with E-state index in [4.69, 9.17) is 0 Å². The monoisotopic (exact) mass is 530 g/mol. The highest BCUT2D eigenvalue weighted by molar-refractivity contribution is 7.85. The van der Waals surface area contributed by atoms with Crippen LogP contribution >= 0.6 is 7.14 Å². The zero-order valence-electron chi connectivity index (χ0n) is 21.5. The zero-order chi connectivity index (χ0) is 26.7. The summed E-state index contributed by atoms with van der Waals surface area (Å²) in [5.74, 6) is 0. The van der Waals surface area contributed by atoms with Crippen molar-refractivity contribution in [1.82, 2.24) is 9.97 Å². The van der Waals surface area contributed by atoms with Crippen molar-refractivity contribution in [3.8, 4) is 33.5 Å². The van der Waals surface area contributed by atoms with E-state index >= 15 is 0 Å². The number of rotatable bonds is 4. The minimum absolute atomic E-state index is 0.832. The van der Waals surface area contributed by atoms with E-state index in [9.17, 15) is 4.57 Å². The van der Waals surface area contributed by atoms with Gasteiger partial charge in [-0.15, -0.1) is 0 Å². The molecule has 40 heavy (non-hydrogen) atoms. The van der Waals surface area contributed by atoms with Crippen LogP contribution in [0.5, 0.6) is 0 Å². The van der Waals surface area contributed by atoms with Crippen LogP contribution in [-0.4, -0.2) is 9.97 Å². The Morgan fingerprint density at radius 1 is 0.525 bits per heavy atom. The van der Waals surface area contributed by atoms with Crippen LogP contribution in [0.15, 0.2) is 140 Å². The van der Waals surface area contributed by atoms with Crippen molar-refractivity contribution in [2.45, 2.75) is 0 Å². The molecule has 1 aromatic heterocycles. The molecular formula is C36H23N2OP. The van der Waals surface area contributed by atoms with E-state index in [0.29, 0.717) is 0 Å². The molecule has 0 aliphatic heterocycles. The van der Waals surface area contributed by atoms with E-state index in [1.807, 2.05) is 79.0 Å². The van der Waals surface area contributed by atoms with Gasteiger partial charge in [0, 0.05) is 33.2 Å². The summed E-state index contributed by atoms with van der Waals surface area (Å²) in [6.45, 7) is 0. The fourth-order valence-corrected chi connectivity index (χ4v) is 8.78. The highest BCUT2D eigenvalue weighted by Gasteiger charge is 2.29. The molecule has 188 valence electrons. The van der Waals surface area contributed by atoms with E-state index in [0.717, 1.165) is 38.3 Å². The van der Waals surface area contributed by atoms with Gasteiger partial charge < -0.3 is 4.57 Å². The average Bonchev–Trinajstić information content (AvgIpc) is 3.36. The Bertz CT molecular complexity index is 2080. The fraction of sp³-hybridized carbons (Fsp3) is 0. The van der Waals surface area contributed by atoms with Crippen LogP contribution in [0.1, 0.15) is 0 Å². The van der Waals surface area contributed by atoms with E-state index in [-0.39, 0.29) is 0 Å². The van der Waals surface area contributed by atoms with Gasteiger partial charge in [-0.25, -0.2) is 9.97 Å². The molecule has 0 N–H and O–H groups in total. The number of hydrogen-bond acceptors (Lipinski definition) is 3. The Hall–Kier alpha value is -4.85. The maximum absolute atomic E-state index is 14.7. The predicted octanol–water partition coefficient (Wildman–Crippen LogP) is 7.74. The summed E-state index contributed by atoms with van der Waals surface area (Å²) in [6, 6.07) is 43.2. The third kappa shape index (κ3) is 3.35. The van der Waals surface area contributed by atoms with E-state index in [1.54, 1.807) is 6.33 Å². The van der Waals surface area contributed by atoms with Gasteiger partial charge >= 0.3 is 0 Å². The molecule has 3 nitrogen and oxygen atoms in total. The molecule has 0 unspecified atom stereocenters. The molecule has 0 radical (unpaired) electrons. The van der Waals surface area contributed by atoms with Gasteiger partial charge in [0.15, 0.2) is 7.14 Å². The van der Waals surface area contributed by atoms with Gasteiger partial charge in [0.2, 0.25) is 0 Å². The van der Waals surface area contributed by atoms with Crippen LogP contribution in [-0.2, 0) is 4.57 Å². The second-order valence-electron chi connectivity index (χ2n) is 10.2. The van der Waals surface area contributed by atoms with E-state index < -0.39 is 7.14 Å². The van der Waals surface area contributed by atoms with E-state index in [2.05, 4.69) is 64.6 Å². The third-order valence-corrected chi connectivity index (χ3v) is 11.1. The maximum Gasteiger partial charge on any atom is 0.171 e. The summed E-state index contributed by atoms with van der Waals surface area (Å²) in [4.78, 5) is 8.89. The van der Waals surface area contributed by atoms with Crippen molar-refractivity contribution in [2.75, 3.05) is 0 Å². The largest absolute Gasteiger partial charge is 0.309 e. The number of hydrogen-bond donors (Lipinski definition) is 0.